The number of fused-ring (bicyclic) bond motifs is 1. The summed E-state index contributed by atoms with van der Waals surface area (Å²) in [5.41, 5.74) is 1.04. The first-order valence-corrected chi connectivity index (χ1v) is 8.98. The first-order valence-electron chi connectivity index (χ1n) is 8.16. The Morgan fingerprint density at radius 1 is 1.29 bits per heavy atom. The van der Waals surface area contributed by atoms with Gasteiger partial charge in [-0.1, -0.05) is 12.1 Å². The Hall–Kier alpha value is -1.40. The van der Waals surface area contributed by atoms with E-state index in [1.807, 2.05) is 31.3 Å². The Balaban J connectivity index is 0.00000169. The molecule has 128 valence electrons. The van der Waals surface area contributed by atoms with Crippen molar-refractivity contribution in [3.63, 3.8) is 0 Å². The summed E-state index contributed by atoms with van der Waals surface area (Å²) in [4.78, 5) is 7.13. The van der Waals surface area contributed by atoms with Crippen LogP contribution in [0.1, 0.15) is 18.6 Å². The van der Waals surface area contributed by atoms with Gasteiger partial charge in [-0.05, 0) is 50.7 Å². The van der Waals surface area contributed by atoms with Crippen molar-refractivity contribution >= 4 is 34.0 Å². The molecule has 1 aliphatic heterocycles. The molecule has 0 spiro atoms. The van der Waals surface area contributed by atoms with E-state index in [2.05, 4.69) is 27.3 Å². The van der Waals surface area contributed by atoms with Crippen LogP contribution in [0.5, 0.6) is 0 Å². The van der Waals surface area contributed by atoms with Crippen molar-refractivity contribution in [3.8, 4) is 10.8 Å². The molecule has 6 heteroatoms. The van der Waals surface area contributed by atoms with Gasteiger partial charge in [0.2, 0.25) is 0 Å². The molecular weight excluding hydrogens is 342 g/mol. The molecule has 0 amide bonds. The van der Waals surface area contributed by atoms with E-state index in [-0.39, 0.29) is 12.4 Å². The average molecular weight is 364 g/mol. The van der Waals surface area contributed by atoms with Crippen molar-refractivity contribution in [1.29, 1.82) is 0 Å². The van der Waals surface area contributed by atoms with Gasteiger partial charge in [-0.3, -0.25) is 4.90 Å². The third-order valence-electron chi connectivity index (χ3n) is 4.46. The average Bonchev–Trinajstić information content (AvgIpc) is 3.21. The van der Waals surface area contributed by atoms with Gasteiger partial charge in [0.25, 0.3) is 0 Å². The fourth-order valence-electron chi connectivity index (χ4n) is 3.21. The van der Waals surface area contributed by atoms with Gasteiger partial charge in [0.1, 0.15) is 5.76 Å². The van der Waals surface area contributed by atoms with Crippen molar-refractivity contribution in [3.05, 3.63) is 42.2 Å². The lowest BCUT2D eigenvalue weighted by molar-refractivity contribution is 0.176. The van der Waals surface area contributed by atoms with Crippen LogP contribution < -0.4 is 5.32 Å². The second-order valence-corrected chi connectivity index (χ2v) is 7.15. The molecule has 1 fully saturated rings. The molecule has 1 unspecified atom stereocenters. The molecule has 1 aromatic carbocycles. The van der Waals surface area contributed by atoms with Gasteiger partial charge in [0.05, 0.1) is 16.8 Å². The summed E-state index contributed by atoms with van der Waals surface area (Å²) in [5, 5.41) is 4.35. The number of para-hydroxylation sites is 1. The summed E-state index contributed by atoms with van der Waals surface area (Å²) in [6.45, 7) is 3.12. The number of nitrogens with zero attached hydrogens (tertiary/aromatic N) is 2. The highest BCUT2D eigenvalue weighted by molar-refractivity contribution is 7.21. The summed E-state index contributed by atoms with van der Waals surface area (Å²) in [5.74, 6) is 1.90. The quantitative estimate of drug-likeness (QED) is 0.755. The Labute approximate surface area is 152 Å². The molecule has 1 aliphatic rings. The Kier molecular flexibility index (Phi) is 5.56. The van der Waals surface area contributed by atoms with Gasteiger partial charge in [-0.15, -0.1) is 23.7 Å². The predicted octanol–water partition coefficient (Wildman–Crippen LogP) is 4.16. The van der Waals surface area contributed by atoms with E-state index in [1.165, 1.54) is 17.5 Å². The number of hydrogen-bond acceptors (Lipinski definition) is 5. The highest BCUT2D eigenvalue weighted by Gasteiger charge is 2.20. The maximum atomic E-state index is 6.06. The minimum Gasteiger partial charge on any atom is -0.457 e. The molecule has 3 aromatic rings. The highest BCUT2D eigenvalue weighted by Crippen LogP contribution is 2.31. The smallest absolute Gasteiger partial charge is 0.163 e. The van der Waals surface area contributed by atoms with Crippen LogP contribution >= 0.6 is 23.7 Å². The number of furan rings is 1. The van der Waals surface area contributed by atoms with Crippen molar-refractivity contribution in [2.24, 2.45) is 0 Å². The Bertz CT molecular complexity index is 767. The Morgan fingerprint density at radius 2 is 2.17 bits per heavy atom. The van der Waals surface area contributed by atoms with Crippen LogP contribution in [0.15, 0.2) is 40.8 Å². The zero-order chi connectivity index (χ0) is 15.6. The van der Waals surface area contributed by atoms with Crippen molar-refractivity contribution in [2.45, 2.75) is 25.4 Å². The van der Waals surface area contributed by atoms with Crippen LogP contribution in [0, 0.1) is 0 Å². The summed E-state index contributed by atoms with van der Waals surface area (Å²) >= 11 is 1.69. The second-order valence-electron chi connectivity index (χ2n) is 6.12. The number of rotatable bonds is 4. The molecule has 4 nitrogen and oxygen atoms in total. The maximum absolute atomic E-state index is 6.06. The van der Waals surface area contributed by atoms with Gasteiger partial charge in [-0.2, -0.15) is 0 Å². The highest BCUT2D eigenvalue weighted by atomic mass is 35.5. The maximum Gasteiger partial charge on any atom is 0.163 e. The van der Waals surface area contributed by atoms with Crippen LogP contribution in [0.2, 0.25) is 0 Å². The van der Waals surface area contributed by atoms with Gasteiger partial charge in [0.15, 0.2) is 10.8 Å². The normalized spacial score (nSPS) is 18.6. The van der Waals surface area contributed by atoms with Gasteiger partial charge < -0.3 is 9.73 Å². The number of aromatic nitrogens is 1. The van der Waals surface area contributed by atoms with Gasteiger partial charge in [-0.25, -0.2) is 4.98 Å². The first-order chi connectivity index (χ1) is 11.3. The molecule has 0 radical (unpaired) electrons. The largest absolute Gasteiger partial charge is 0.457 e. The van der Waals surface area contributed by atoms with E-state index in [4.69, 9.17) is 4.42 Å². The third-order valence-corrected chi connectivity index (χ3v) is 5.51. The van der Waals surface area contributed by atoms with Crippen molar-refractivity contribution < 1.29 is 4.42 Å². The topological polar surface area (TPSA) is 41.3 Å². The summed E-state index contributed by atoms with van der Waals surface area (Å²) in [6.07, 6.45) is 2.51. The lowest BCUT2D eigenvalue weighted by atomic mass is 10.1. The fourth-order valence-corrected chi connectivity index (χ4v) is 4.14. The molecule has 2 aromatic heterocycles. The SMILES string of the molecule is CNC1CCCN(Cc2ccc(-c3nc4ccccc4s3)o2)C1.Cl. The second kappa shape index (κ2) is 7.66. The molecule has 0 saturated carbocycles. The number of likely N-dealkylation sites (N-methyl/N-ethyl adjacent to an activating group) is 1. The molecule has 0 aliphatic carbocycles. The molecule has 0 bridgehead atoms. The first kappa shape index (κ1) is 17.4. The lowest BCUT2D eigenvalue weighted by Crippen LogP contribution is -2.43. The molecular formula is C18H22ClN3OS. The number of hydrogen-bond donors (Lipinski definition) is 1. The van der Waals surface area contributed by atoms with Gasteiger partial charge >= 0.3 is 0 Å². The molecule has 3 heterocycles. The van der Waals surface area contributed by atoms with Crippen LogP contribution in [-0.4, -0.2) is 36.1 Å². The van der Waals surface area contributed by atoms with E-state index in [0.717, 1.165) is 41.7 Å². The molecule has 1 N–H and O–H groups in total. The number of thiazole rings is 1. The van der Waals surface area contributed by atoms with E-state index in [1.54, 1.807) is 11.3 Å². The number of nitrogens with one attached hydrogen (secondary N) is 1. The van der Waals surface area contributed by atoms with Crippen molar-refractivity contribution in [1.82, 2.24) is 15.2 Å². The number of halogens is 1. The zero-order valence-electron chi connectivity index (χ0n) is 13.7. The minimum atomic E-state index is 0. The molecule has 24 heavy (non-hydrogen) atoms. The Morgan fingerprint density at radius 3 is 3.00 bits per heavy atom. The number of benzene rings is 1. The van der Waals surface area contributed by atoms with E-state index < -0.39 is 0 Å². The summed E-state index contributed by atoms with van der Waals surface area (Å²) in [6, 6.07) is 13.0. The molecule has 1 atom stereocenters. The van der Waals surface area contributed by atoms with Crippen LogP contribution in [0.3, 0.4) is 0 Å². The monoisotopic (exact) mass is 363 g/mol. The number of piperidine rings is 1. The van der Waals surface area contributed by atoms with E-state index in [9.17, 15) is 0 Å². The predicted molar refractivity (Wildman–Crippen MR) is 102 cm³/mol. The van der Waals surface area contributed by atoms with Crippen LogP contribution in [-0.2, 0) is 6.54 Å². The van der Waals surface area contributed by atoms with Crippen molar-refractivity contribution in [2.75, 3.05) is 20.1 Å². The number of likely N-dealkylation sites (tertiary alicyclic amines) is 1. The molecule has 4 rings (SSSR count). The fraction of sp³-hybridized carbons (Fsp3) is 0.389. The minimum absolute atomic E-state index is 0. The lowest BCUT2D eigenvalue weighted by Gasteiger charge is -2.31. The standard InChI is InChI=1S/C18H21N3OS.ClH/c1-19-13-5-4-10-21(11-13)12-14-8-9-16(22-14)18-20-15-6-2-3-7-17(15)23-18;/h2-3,6-9,13,19H,4-5,10-12H2,1H3;1H. The third kappa shape index (κ3) is 3.64. The van der Waals surface area contributed by atoms with E-state index >= 15 is 0 Å². The molecule has 1 saturated heterocycles. The summed E-state index contributed by atoms with van der Waals surface area (Å²) in [7, 11) is 2.05. The van der Waals surface area contributed by atoms with Crippen LogP contribution in [0.25, 0.3) is 21.0 Å². The van der Waals surface area contributed by atoms with Gasteiger partial charge in [0, 0.05) is 12.6 Å². The summed E-state index contributed by atoms with van der Waals surface area (Å²) < 4.78 is 7.26. The van der Waals surface area contributed by atoms with E-state index in [0.29, 0.717) is 6.04 Å². The zero-order valence-corrected chi connectivity index (χ0v) is 15.3. The van der Waals surface area contributed by atoms with Crippen LogP contribution in [0.4, 0.5) is 0 Å².